The smallest absolute Gasteiger partial charge is 0.272 e. The molecule has 1 N–H and O–H groups in total. The normalized spacial score (nSPS) is 11.4. The van der Waals surface area contributed by atoms with Crippen LogP contribution in [0.3, 0.4) is 0 Å². The summed E-state index contributed by atoms with van der Waals surface area (Å²) in [6.45, 7) is 2.33. The lowest BCUT2D eigenvalue weighted by molar-refractivity contribution is -0.113. The molecule has 3 heterocycles. The number of rotatable bonds is 5. The summed E-state index contributed by atoms with van der Waals surface area (Å²) < 4.78 is 17.2. The van der Waals surface area contributed by atoms with Crippen molar-refractivity contribution in [3.05, 3.63) is 50.8 Å². The van der Waals surface area contributed by atoms with Gasteiger partial charge in [0, 0.05) is 12.2 Å². The summed E-state index contributed by atoms with van der Waals surface area (Å²) in [7, 11) is 0. The van der Waals surface area contributed by atoms with Crippen LogP contribution in [-0.2, 0) is 11.3 Å². The number of aromatic nitrogens is 4. The molecule has 0 aliphatic carbocycles. The van der Waals surface area contributed by atoms with Gasteiger partial charge in [-0.3, -0.25) is 18.6 Å². The number of anilines is 1. The molecular weight excluding hydrogens is 425 g/mol. The van der Waals surface area contributed by atoms with Crippen molar-refractivity contribution in [1.29, 1.82) is 0 Å². The van der Waals surface area contributed by atoms with Crippen LogP contribution in [-0.4, -0.2) is 30.8 Å². The van der Waals surface area contributed by atoms with Gasteiger partial charge in [-0.25, -0.2) is 4.39 Å². The van der Waals surface area contributed by atoms with E-state index in [1.807, 2.05) is 18.4 Å². The van der Waals surface area contributed by atoms with Crippen molar-refractivity contribution in [3.63, 3.8) is 0 Å². The number of thiophene rings is 1. The lowest BCUT2D eigenvalue weighted by atomic mass is 10.3. The van der Waals surface area contributed by atoms with E-state index in [0.717, 1.165) is 0 Å². The fraction of sp³-hybridized carbons (Fsp3) is 0.176. The fourth-order valence-corrected chi connectivity index (χ4v) is 4.52. The Morgan fingerprint density at radius 2 is 2.18 bits per heavy atom. The molecule has 0 saturated carbocycles. The summed E-state index contributed by atoms with van der Waals surface area (Å²) in [5.74, 6) is -0.348. The molecule has 144 valence electrons. The van der Waals surface area contributed by atoms with Crippen LogP contribution >= 0.6 is 34.7 Å². The average Bonchev–Trinajstić information content (AvgIpc) is 3.30. The summed E-state index contributed by atoms with van der Waals surface area (Å²) in [5, 5.41) is 13.2. The highest BCUT2D eigenvalue weighted by molar-refractivity contribution is 7.99. The van der Waals surface area contributed by atoms with Crippen LogP contribution in [0.1, 0.15) is 6.92 Å². The van der Waals surface area contributed by atoms with Crippen molar-refractivity contribution >= 4 is 62.3 Å². The number of thioether (sulfide) groups is 1. The van der Waals surface area contributed by atoms with E-state index in [2.05, 4.69) is 15.5 Å². The summed E-state index contributed by atoms with van der Waals surface area (Å²) in [6.07, 6.45) is 0. The molecule has 0 aliphatic rings. The molecule has 3 aromatic heterocycles. The van der Waals surface area contributed by atoms with Crippen molar-refractivity contribution < 1.29 is 9.18 Å². The highest BCUT2D eigenvalue weighted by Gasteiger charge is 2.18. The van der Waals surface area contributed by atoms with Crippen LogP contribution in [0.25, 0.3) is 16.0 Å². The van der Waals surface area contributed by atoms with Crippen molar-refractivity contribution in [1.82, 2.24) is 19.2 Å². The number of fused-ring (bicyclic) bond motifs is 3. The highest BCUT2D eigenvalue weighted by atomic mass is 35.5. The molecule has 0 atom stereocenters. The fourth-order valence-electron chi connectivity index (χ4n) is 2.78. The van der Waals surface area contributed by atoms with Gasteiger partial charge in [0.05, 0.1) is 16.3 Å². The number of nitrogens with one attached hydrogen (secondary N) is 1. The molecule has 7 nitrogen and oxygen atoms in total. The molecule has 28 heavy (non-hydrogen) atoms. The van der Waals surface area contributed by atoms with Crippen LogP contribution in [0.4, 0.5) is 10.1 Å². The van der Waals surface area contributed by atoms with E-state index in [-0.39, 0.29) is 22.2 Å². The summed E-state index contributed by atoms with van der Waals surface area (Å²) in [4.78, 5) is 24.8. The number of aryl methyl sites for hydroxylation is 1. The summed E-state index contributed by atoms with van der Waals surface area (Å²) in [6, 6.07) is 5.81. The van der Waals surface area contributed by atoms with Gasteiger partial charge < -0.3 is 5.32 Å². The van der Waals surface area contributed by atoms with Crippen molar-refractivity contribution in [2.45, 2.75) is 18.6 Å². The maximum Gasteiger partial charge on any atom is 0.272 e. The van der Waals surface area contributed by atoms with Gasteiger partial charge in [0.25, 0.3) is 5.56 Å². The number of carbonyl (C=O) groups excluding carboxylic acids is 1. The monoisotopic (exact) mass is 437 g/mol. The van der Waals surface area contributed by atoms with Crippen molar-refractivity contribution in [2.24, 2.45) is 0 Å². The van der Waals surface area contributed by atoms with Gasteiger partial charge >= 0.3 is 0 Å². The third kappa shape index (κ3) is 3.27. The van der Waals surface area contributed by atoms with Crippen molar-refractivity contribution in [3.8, 4) is 0 Å². The van der Waals surface area contributed by atoms with Gasteiger partial charge in [0.15, 0.2) is 5.16 Å². The first-order valence-electron chi connectivity index (χ1n) is 8.22. The standard InChI is InChI=1S/C17H13ClFN5O2S2/c1-2-23-15(26)14-12(5-6-27-14)24-16(23)21-22-17(24)28-8-13(25)20-9-3-4-11(19)10(18)7-9/h3-7H,2,8H2,1H3,(H,20,25). The van der Waals surface area contributed by atoms with Crippen molar-refractivity contribution in [2.75, 3.05) is 11.1 Å². The molecule has 0 unspecified atom stereocenters. The molecular formula is C17H13ClFN5O2S2. The largest absolute Gasteiger partial charge is 0.325 e. The molecule has 4 aromatic rings. The molecule has 1 aromatic carbocycles. The quantitative estimate of drug-likeness (QED) is 0.482. The maximum atomic E-state index is 13.2. The minimum atomic E-state index is -0.550. The molecule has 11 heteroatoms. The van der Waals surface area contributed by atoms with Gasteiger partial charge in [-0.05, 0) is 36.6 Å². The van der Waals surface area contributed by atoms with E-state index in [9.17, 15) is 14.0 Å². The predicted octanol–water partition coefficient (Wildman–Crippen LogP) is 3.65. The zero-order valence-corrected chi connectivity index (χ0v) is 16.9. The Balaban J connectivity index is 1.60. The van der Waals surface area contributed by atoms with Crippen LogP contribution in [0, 0.1) is 5.82 Å². The summed E-state index contributed by atoms with van der Waals surface area (Å²) >= 11 is 8.28. The van der Waals surface area contributed by atoms with E-state index in [1.54, 1.807) is 8.97 Å². The molecule has 0 radical (unpaired) electrons. The van der Waals surface area contributed by atoms with E-state index >= 15 is 0 Å². The Morgan fingerprint density at radius 3 is 2.93 bits per heavy atom. The molecule has 0 saturated heterocycles. The number of benzene rings is 1. The lowest BCUT2D eigenvalue weighted by Crippen LogP contribution is -2.21. The lowest BCUT2D eigenvalue weighted by Gasteiger charge is -2.07. The Morgan fingerprint density at radius 1 is 1.36 bits per heavy atom. The molecule has 4 rings (SSSR count). The third-order valence-electron chi connectivity index (χ3n) is 4.03. The van der Waals surface area contributed by atoms with E-state index in [1.165, 1.54) is 41.3 Å². The topological polar surface area (TPSA) is 81.3 Å². The maximum absolute atomic E-state index is 13.2. The van der Waals surface area contributed by atoms with Crippen LogP contribution in [0.15, 0.2) is 39.6 Å². The number of halogens is 2. The number of amides is 1. The Kier molecular flexibility index (Phi) is 5.09. The minimum absolute atomic E-state index is 0.0622. The first-order valence-corrected chi connectivity index (χ1v) is 10.5. The zero-order valence-electron chi connectivity index (χ0n) is 14.5. The molecule has 0 aliphatic heterocycles. The second-order valence-corrected chi connectivity index (χ2v) is 8.03. The first-order chi connectivity index (χ1) is 13.5. The second-order valence-electron chi connectivity index (χ2n) is 5.77. The Labute approximate surface area is 171 Å². The van der Waals surface area contributed by atoms with Gasteiger partial charge in [-0.2, -0.15) is 0 Å². The van der Waals surface area contributed by atoms with E-state index < -0.39 is 5.82 Å². The highest BCUT2D eigenvalue weighted by Crippen LogP contribution is 2.25. The van der Waals surface area contributed by atoms with Gasteiger partial charge in [-0.1, -0.05) is 23.4 Å². The number of nitrogens with zero attached hydrogens (tertiary/aromatic N) is 4. The van der Waals surface area contributed by atoms with E-state index in [4.69, 9.17) is 11.6 Å². The number of carbonyl (C=O) groups is 1. The molecule has 0 bridgehead atoms. The first kappa shape index (κ1) is 18.9. The number of hydrogen-bond donors (Lipinski definition) is 1. The third-order valence-corrected chi connectivity index (χ3v) is 6.14. The van der Waals surface area contributed by atoms with Gasteiger partial charge in [-0.15, -0.1) is 21.5 Å². The second kappa shape index (κ2) is 7.53. The molecule has 1 amide bonds. The van der Waals surface area contributed by atoms with Gasteiger partial charge in [0.2, 0.25) is 11.7 Å². The number of hydrogen-bond acceptors (Lipinski definition) is 6. The molecule has 0 spiro atoms. The van der Waals surface area contributed by atoms with Gasteiger partial charge in [0.1, 0.15) is 10.5 Å². The SMILES string of the molecule is CCn1c(=O)c2sccc2n2c(SCC(=O)Nc3ccc(F)c(Cl)c3)nnc12. The molecule has 0 fully saturated rings. The Bertz CT molecular complexity index is 1270. The van der Waals surface area contributed by atoms with Crippen LogP contribution in [0.5, 0.6) is 0 Å². The Hall–Kier alpha value is -2.43. The predicted molar refractivity (Wildman–Crippen MR) is 109 cm³/mol. The van der Waals surface area contributed by atoms with Crippen LogP contribution < -0.4 is 10.9 Å². The zero-order chi connectivity index (χ0) is 19.8. The average molecular weight is 438 g/mol. The van der Waals surface area contributed by atoms with Crippen LogP contribution in [0.2, 0.25) is 5.02 Å². The minimum Gasteiger partial charge on any atom is -0.325 e. The van der Waals surface area contributed by atoms with E-state index in [0.29, 0.717) is 33.4 Å². The summed E-state index contributed by atoms with van der Waals surface area (Å²) in [5.41, 5.74) is 1.02.